The summed E-state index contributed by atoms with van der Waals surface area (Å²) < 4.78 is 12.8. The molecule has 10 rings (SSSR count). The van der Waals surface area contributed by atoms with Crippen molar-refractivity contribution in [3.8, 4) is 45.3 Å². The summed E-state index contributed by atoms with van der Waals surface area (Å²) >= 11 is 0. The molecule has 0 aliphatic heterocycles. The standard InChI is InChI=1S/C43H25N3O2/c1-3-10-26(11-4-1)29-19-22-37-35(24-29)39-33(16-9-17-38(39)47-37)43-45-41(28-13-5-2-6-14-28)44-42(46-43)30-20-23-36-34(25-30)32-21-18-27-12-7-8-15-31(27)40(32)48-36/h1-25H. The lowest BCUT2D eigenvalue weighted by atomic mass is 10.0. The molecule has 0 saturated heterocycles. The van der Waals surface area contributed by atoms with Crippen molar-refractivity contribution in [2.45, 2.75) is 0 Å². The Labute approximate surface area is 274 Å². The van der Waals surface area contributed by atoms with Crippen molar-refractivity contribution in [3.05, 3.63) is 152 Å². The molecule has 5 heteroatoms. The van der Waals surface area contributed by atoms with Crippen LogP contribution in [0.15, 0.2) is 160 Å². The molecule has 0 aliphatic rings. The maximum absolute atomic E-state index is 6.40. The van der Waals surface area contributed by atoms with Crippen molar-refractivity contribution in [1.29, 1.82) is 0 Å². The van der Waals surface area contributed by atoms with Gasteiger partial charge in [-0.25, -0.2) is 15.0 Å². The maximum Gasteiger partial charge on any atom is 0.164 e. The zero-order chi connectivity index (χ0) is 31.6. The molecule has 3 aromatic heterocycles. The summed E-state index contributed by atoms with van der Waals surface area (Å²) in [7, 11) is 0. The Kier molecular flexibility index (Phi) is 5.81. The van der Waals surface area contributed by atoms with Gasteiger partial charge in [0.15, 0.2) is 17.5 Å². The van der Waals surface area contributed by atoms with Crippen LogP contribution in [0.4, 0.5) is 0 Å². The molecule has 0 aliphatic carbocycles. The number of hydrogen-bond acceptors (Lipinski definition) is 5. The van der Waals surface area contributed by atoms with E-state index in [0.29, 0.717) is 17.5 Å². The number of aromatic nitrogens is 3. The summed E-state index contributed by atoms with van der Waals surface area (Å²) in [6.07, 6.45) is 0. The molecule has 3 heterocycles. The number of benzene rings is 7. The quantitative estimate of drug-likeness (QED) is 0.197. The topological polar surface area (TPSA) is 65.0 Å². The predicted molar refractivity (Wildman–Crippen MR) is 194 cm³/mol. The molecule has 0 unspecified atom stereocenters. The van der Waals surface area contributed by atoms with E-state index in [0.717, 1.165) is 82.5 Å². The Bertz CT molecular complexity index is 2840. The number of furan rings is 2. The Balaban J connectivity index is 1.20. The van der Waals surface area contributed by atoms with Crippen LogP contribution in [0, 0.1) is 0 Å². The molecule has 0 saturated carbocycles. The fourth-order valence-corrected chi connectivity index (χ4v) is 6.81. The van der Waals surface area contributed by atoms with Gasteiger partial charge < -0.3 is 8.83 Å². The SMILES string of the molecule is c1ccc(-c2ccc3oc4cccc(-c5nc(-c6ccccc6)nc(-c6ccc7oc8c9ccccc9ccc8c7c6)n5)c4c3c2)cc1. The Morgan fingerprint density at radius 3 is 1.85 bits per heavy atom. The molecule has 0 amide bonds. The number of hydrogen-bond donors (Lipinski definition) is 0. The average Bonchev–Trinajstić information content (AvgIpc) is 3.73. The predicted octanol–water partition coefficient (Wildman–Crippen LogP) is 11.5. The highest BCUT2D eigenvalue weighted by molar-refractivity contribution is 6.16. The summed E-state index contributed by atoms with van der Waals surface area (Å²) in [4.78, 5) is 15.2. The van der Waals surface area contributed by atoms with Crippen molar-refractivity contribution in [2.75, 3.05) is 0 Å². The van der Waals surface area contributed by atoms with Crippen LogP contribution in [-0.4, -0.2) is 15.0 Å². The van der Waals surface area contributed by atoms with Crippen LogP contribution < -0.4 is 0 Å². The van der Waals surface area contributed by atoms with Crippen LogP contribution in [-0.2, 0) is 0 Å². The highest BCUT2D eigenvalue weighted by Crippen LogP contribution is 2.39. The third-order valence-electron chi connectivity index (χ3n) is 9.13. The van der Waals surface area contributed by atoms with Gasteiger partial charge in [-0.3, -0.25) is 0 Å². The molecule has 0 atom stereocenters. The number of rotatable bonds is 4. The first-order valence-corrected chi connectivity index (χ1v) is 15.9. The van der Waals surface area contributed by atoms with E-state index in [1.165, 1.54) is 0 Å². The van der Waals surface area contributed by atoms with E-state index in [9.17, 15) is 0 Å². The summed E-state index contributed by atoms with van der Waals surface area (Å²) in [6, 6.07) is 51.6. The first-order valence-electron chi connectivity index (χ1n) is 15.9. The van der Waals surface area contributed by atoms with Crippen molar-refractivity contribution in [2.24, 2.45) is 0 Å². The van der Waals surface area contributed by atoms with Gasteiger partial charge >= 0.3 is 0 Å². The molecule has 10 aromatic rings. The minimum Gasteiger partial charge on any atom is -0.456 e. The zero-order valence-electron chi connectivity index (χ0n) is 25.6. The summed E-state index contributed by atoms with van der Waals surface area (Å²) in [5.41, 5.74) is 8.27. The molecule has 0 radical (unpaired) electrons. The van der Waals surface area contributed by atoms with E-state index >= 15 is 0 Å². The number of fused-ring (bicyclic) bond motifs is 8. The molecule has 0 N–H and O–H groups in total. The Morgan fingerprint density at radius 1 is 0.354 bits per heavy atom. The van der Waals surface area contributed by atoms with Gasteiger partial charge in [0.1, 0.15) is 22.3 Å². The summed E-state index contributed by atoms with van der Waals surface area (Å²) in [5.74, 6) is 1.78. The summed E-state index contributed by atoms with van der Waals surface area (Å²) in [6.45, 7) is 0. The van der Waals surface area contributed by atoms with E-state index < -0.39 is 0 Å². The van der Waals surface area contributed by atoms with E-state index in [1.54, 1.807) is 0 Å². The maximum atomic E-state index is 6.40. The minimum absolute atomic E-state index is 0.584. The minimum atomic E-state index is 0.584. The van der Waals surface area contributed by atoms with Crippen molar-refractivity contribution in [3.63, 3.8) is 0 Å². The molecule has 0 bridgehead atoms. The van der Waals surface area contributed by atoms with Gasteiger partial charge in [0.05, 0.1) is 0 Å². The van der Waals surface area contributed by atoms with Gasteiger partial charge in [-0.1, -0.05) is 109 Å². The highest BCUT2D eigenvalue weighted by Gasteiger charge is 2.19. The van der Waals surface area contributed by atoms with Gasteiger partial charge in [0.25, 0.3) is 0 Å². The Morgan fingerprint density at radius 2 is 1.02 bits per heavy atom. The first kappa shape index (κ1) is 26.6. The third-order valence-corrected chi connectivity index (χ3v) is 9.13. The third kappa shape index (κ3) is 4.22. The normalized spacial score (nSPS) is 11.8. The van der Waals surface area contributed by atoms with E-state index in [4.69, 9.17) is 23.8 Å². The lowest BCUT2D eigenvalue weighted by Gasteiger charge is -2.09. The largest absolute Gasteiger partial charge is 0.456 e. The second-order valence-corrected chi connectivity index (χ2v) is 12.0. The van der Waals surface area contributed by atoms with Gasteiger partial charge in [0.2, 0.25) is 0 Å². The van der Waals surface area contributed by atoms with Crippen LogP contribution in [0.2, 0.25) is 0 Å². The molecular weight excluding hydrogens is 590 g/mol. The molecule has 0 fully saturated rings. The molecule has 5 nitrogen and oxygen atoms in total. The molecular formula is C43H25N3O2. The van der Waals surface area contributed by atoms with Gasteiger partial charge in [-0.05, 0) is 59.0 Å². The lowest BCUT2D eigenvalue weighted by Crippen LogP contribution is -2.00. The average molecular weight is 616 g/mol. The van der Waals surface area contributed by atoms with Crippen LogP contribution in [0.25, 0.3) is 99.9 Å². The first-order chi connectivity index (χ1) is 23.8. The van der Waals surface area contributed by atoms with Crippen LogP contribution in [0.3, 0.4) is 0 Å². The monoisotopic (exact) mass is 615 g/mol. The van der Waals surface area contributed by atoms with E-state index in [-0.39, 0.29) is 0 Å². The van der Waals surface area contributed by atoms with Crippen LogP contribution in [0.5, 0.6) is 0 Å². The lowest BCUT2D eigenvalue weighted by molar-refractivity contribution is 0.669. The van der Waals surface area contributed by atoms with Gasteiger partial charge in [-0.2, -0.15) is 0 Å². The van der Waals surface area contributed by atoms with E-state index in [1.807, 2.05) is 78.9 Å². The molecule has 224 valence electrons. The zero-order valence-corrected chi connectivity index (χ0v) is 25.6. The molecule has 48 heavy (non-hydrogen) atoms. The van der Waals surface area contributed by atoms with Crippen molar-refractivity contribution in [1.82, 2.24) is 15.0 Å². The molecule has 7 aromatic carbocycles. The smallest absolute Gasteiger partial charge is 0.164 e. The summed E-state index contributed by atoms with van der Waals surface area (Å²) in [5, 5.41) is 6.32. The van der Waals surface area contributed by atoms with Crippen LogP contribution >= 0.6 is 0 Å². The second kappa shape index (κ2) is 10.5. The fraction of sp³-hybridized carbons (Fsp3) is 0. The van der Waals surface area contributed by atoms with Crippen LogP contribution in [0.1, 0.15) is 0 Å². The Hall–Kier alpha value is -6.59. The second-order valence-electron chi connectivity index (χ2n) is 12.0. The number of nitrogens with zero attached hydrogens (tertiary/aromatic N) is 3. The van der Waals surface area contributed by atoms with Gasteiger partial charge in [0, 0.05) is 43.6 Å². The fourth-order valence-electron chi connectivity index (χ4n) is 6.81. The van der Waals surface area contributed by atoms with Gasteiger partial charge in [-0.15, -0.1) is 0 Å². The van der Waals surface area contributed by atoms with Crippen molar-refractivity contribution >= 4 is 54.6 Å². The van der Waals surface area contributed by atoms with Crippen molar-refractivity contribution < 1.29 is 8.83 Å². The highest BCUT2D eigenvalue weighted by atomic mass is 16.3. The van der Waals surface area contributed by atoms with E-state index in [2.05, 4.69) is 72.8 Å². The molecule has 0 spiro atoms.